The fourth-order valence-corrected chi connectivity index (χ4v) is 4.92. The van der Waals surface area contributed by atoms with Crippen molar-refractivity contribution in [3.05, 3.63) is 87.6 Å². The maximum absolute atomic E-state index is 14.2. The van der Waals surface area contributed by atoms with Gasteiger partial charge in [0, 0.05) is 23.1 Å². The number of nitrogens with zero attached hydrogens (tertiary/aromatic N) is 1. The van der Waals surface area contributed by atoms with Gasteiger partial charge in [0.05, 0.1) is 17.6 Å². The Labute approximate surface area is 183 Å². The van der Waals surface area contributed by atoms with Gasteiger partial charge in [0.25, 0.3) is 5.91 Å². The molecule has 0 radical (unpaired) electrons. The van der Waals surface area contributed by atoms with Crippen molar-refractivity contribution in [2.45, 2.75) is 25.8 Å². The third-order valence-electron chi connectivity index (χ3n) is 5.30. The van der Waals surface area contributed by atoms with Gasteiger partial charge >= 0.3 is 0 Å². The Hall–Kier alpha value is -3.06. The van der Waals surface area contributed by atoms with Crippen molar-refractivity contribution >= 4 is 28.8 Å². The van der Waals surface area contributed by atoms with Crippen LogP contribution in [-0.2, 0) is 4.79 Å². The van der Waals surface area contributed by atoms with Crippen molar-refractivity contribution in [1.29, 1.82) is 0 Å². The Bertz CT molecular complexity index is 1110. The average molecular weight is 441 g/mol. The van der Waals surface area contributed by atoms with Crippen molar-refractivity contribution in [1.82, 2.24) is 4.90 Å². The van der Waals surface area contributed by atoms with E-state index in [1.54, 1.807) is 29.2 Å². The smallest absolute Gasteiger partial charge is 0.254 e. The minimum atomic E-state index is -0.769. The predicted octanol–water partition coefficient (Wildman–Crippen LogP) is 5.60. The Kier molecular flexibility index (Phi) is 5.87. The maximum Gasteiger partial charge on any atom is 0.254 e. The lowest BCUT2D eigenvalue weighted by molar-refractivity contribution is -0.119. The number of nitrogens with one attached hydrogen (secondary N) is 1. The molecule has 2 aromatic carbocycles. The van der Waals surface area contributed by atoms with Crippen LogP contribution in [0.1, 0.15) is 46.6 Å². The minimum Gasteiger partial charge on any atom is -0.329 e. The van der Waals surface area contributed by atoms with Crippen molar-refractivity contribution in [2.75, 3.05) is 11.9 Å². The summed E-state index contributed by atoms with van der Waals surface area (Å²) in [4.78, 5) is 29.5. The fourth-order valence-electron chi connectivity index (χ4n) is 4.05. The Morgan fingerprint density at radius 2 is 1.90 bits per heavy atom. The molecule has 2 heterocycles. The van der Waals surface area contributed by atoms with Crippen LogP contribution in [0.3, 0.4) is 0 Å². The van der Waals surface area contributed by atoms with Gasteiger partial charge in [0.2, 0.25) is 5.91 Å². The zero-order valence-electron chi connectivity index (χ0n) is 17.1. The number of hydrogen-bond acceptors (Lipinski definition) is 3. The molecule has 1 N–H and O–H groups in total. The molecule has 0 unspecified atom stereocenters. The van der Waals surface area contributed by atoms with Crippen LogP contribution in [-0.4, -0.2) is 23.3 Å². The predicted molar refractivity (Wildman–Crippen MR) is 117 cm³/mol. The lowest BCUT2D eigenvalue weighted by atomic mass is 9.81. The van der Waals surface area contributed by atoms with E-state index in [1.165, 1.54) is 11.3 Å². The van der Waals surface area contributed by atoms with Crippen molar-refractivity contribution in [2.24, 2.45) is 5.92 Å². The number of carbonyl (C=O) groups is 2. The maximum atomic E-state index is 14.2. The van der Waals surface area contributed by atoms with Crippen LogP contribution >= 0.6 is 11.3 Å². The molecule has 2 amide bonds. The monoisotopic (exact) mass is 440 g/mol. The first-order valence-corrected chi connectivity index (χ1v) is 10.9. The number of thiophene rings is 1. The van der Waals surface area contributed by atoms with E-state index >= 15 is 0 Å². The summed E-state index contributed by atoms with van der Waals surface area (Å²) in [5.41, 5.74) is 0.816. The van der Waals surface area contributed by atoms with Gasteiger partial charge in [-0.25, -0.2) is 8.78 Å². The number of halogens is 2. The summed E-state index contributed by atoms with van der Waals surface area (Å²) in [6, 6.07) is 13.2. The van der Waals surface area contributed by atoms with Gasteiger partial charge < -0.3 is 10.2 Å². The molecule has 31 heavy (non-hydrogen) atoms. The minimum absolute atomic E-state index is 0.135. The van der Waals surface area contributed by atoms with Gasteiger partial charge in [-0.2, -0.15) is 0 Å². The molecular formula is C24H22F2N2O2S. The first kappa shape index (κ1) is 21.2. The quantitative estimate of drug-likeness (QED) is 0.561. The summed E-state index contributed by atoms with van der Waals surface area (Å²) in [6.07, 6.45) is 0. The molecule has 2 atom stereocenters. The molecule has 4 rings (SSSR count). The lowest BCUT2D eigenvalue weighted by Gasteiger charge is -2.42. The third-order valence-corrected chi connectivity index (χ3v) is 6.25. The highest BCUT2D eigenvalue weighted by atomic mass is 32.1. The van der Waals surface area contributed by atoms with Crippen LogP contribution in [0.5, 0.6) is 0 Å². The van der Waals surface area contributed by atoms with Crippen LogP contribution in [0.15, 0.2) is 60.0 Å². The van der Waals surface area contributed by atoms with E-state index in [0.29, 0.717) is 17.7 Å². The number of amides is 2. The van der Waals surface area contributed by atoms with Crippen LogP contribution in [0.4, 0.5) is 14.5 Å². The normalized spacial score (nSPS) is 18.2. The Balaban J connectivity index is 1.83. The van der Waals surface area contributed by atoms with Gasteiger partial charge in [0.15, 0.2) is 0 Å². The highest BCUT2D eigenvalue weighted by Crippen LogP contribution is 2.45. The molecule has 0 fully saturated rings. The Morgan fingerprint density at radius 1 is 1.13 bits per heavy atom. The molecule has 0 saturated heterocycles. The van der Waals surface area contributed by atoms with E-state index in [-0.39, 0.29) is 17.5 Å². The highest BCUT2D eigenvalue weighted by Gasteiger charge is 2.44. The van der Waals surface area contributed by atoms with Gasteiger partial charge in [0.1, 0.15) is 11.6 Å². The number of anilines is 1. The molecular weight excluding hydrogens is 418 g/mol. The zero-order valence-corrected chi connectivity index (χ0v) is 18.0. The molecule has 160 valence electrons. The topological polar surface area (TPSA) is 49.4 Å². The molecule has 0 bridgehead atoms. The van der Waals surface area contributed by atoms with E-state index in [9.17, 15) is 18.4 Å². The van der Waals surface area contributed by atoms with Crippen LogP contribution in [0, 0.1) is 17.6 Å². The number of rotatable bonds is 5. The van der Waals surface area contributed by atoms with Gasteiger partial charge in [-0.05, 0) is 41.1 Å². The van der Waals surface area contributed by atoms with E-state index < -0.39 is 29.5 Å². The first-order chi connectivity index (χ1) is 14.9. The van der Waals surface area contributed by atoms with Crippen LogP contribution in [0.25, 0.3) is 0 Å². The average Bonchev–Trinajstić information content (AvgIpc) is 3.26. The molecule has 7 heteroatoms. The van der Waals surface area contributed by atoms with Gasteiger partial charge in [-0.15, -0.1) is 11.3 Å². The summed E-state index contributed by atoms with van der Waals surface area (Å²) >= 11 is 1.46. The van der Waals surface area contributed by atoms with E-state index in [2.05, 4.69) is 5.32 Å². The summed E-state index contributed by atoms with van der Waals surface area (Å²) in [5, 5.41) is 4.45. The molecule has 0 saturated carbocycles. The summed E-state index contributed by atoms with van der Waals surface area (Å²) in [6.45, 7) is 4.49. The third kappa shape index (κ3) is 4.10. The second kappa shape index (κ2) is 8.59. The molecule has 1 aliphatic heterocycles. The SMILES string of the molecule is CC(C)CN1C(=O)c2ccccc2[C@@H](C(=O)Nc2cc(F)ccc2F)[C@@H]1c1cccs1. The van der Waals surface area contributed by atoms with E-state index in [4.69, 9.17) is 0 Å². The second-order valence-electron chi connectivity index (χ2n) is 7.99. The van der Waals surface area contributed by atoms with E-state index in [1.807, 2.05) is 31.4 Å². The van der Waals surface area contributed by atoms with Crippen molar-refractivity contribution in [3.63, 3.8) is 0 Å². The van der Waals surface area contributed by atoms with Gasteiger partial charge in [-0.3, -0.25) is 9.59 Å². The van der Waals surface area contributed by atoms with Crippen LogP contribution in [0.2, 0.25) is 0 Å². The van der Waals surface area contributed by atoms with E-state index in [0.717, 1.165) is 23.1 Å². The molecule has 3 aromatic rings. The number of carbonyl (C=O) groups excluding carboxylic acids is 2. The van der Waals surface area contributed by atoms with Crippen LogP contribution < -0.4 is 5.32 Å². The lowest BCUT2D eigenvalue weighted by Crippen LogP contribution is -2.47. The zero-order chi connectivity index (χ0) is 22.1. The highest BCUT2D eigenvalue weighted by molar-refractivity contribution is 7.10. The number of benzene rings is 2. The molecule has 0 spiro atoms. The Morgan fingerprint density at radius 3 is 2.61 bits per heavy atom. The van der Waals surface area contributed by atoms with Crippen molar-refractivity contribution < 1.29 is 18.4 Å². The standard InChI is InChI=1S/C24H22F2N2O2S/c1-14(2)13-28-22(20-8-5-11-31-20)21(16-6-3-4-7-17(16)24(28)30)23(29)27-19-12-15(25)9-10-18(19)26/h3-12,14,21-22H,13H2,1-2H3,(H,27,29)/t21-,22+/m1/s1. The summed E-state index contributed by atoms with van der Waals surface area (Å²) in [7, 11) is 0. The fraction of sp³-hybridized carbons (Fsp3) is 0.250. The second-order valence-corrected chi connectivity index (χ2v) is 8.97. The molecule has 4 nitrogen and oxygen atoms in total. The first-order valence-electron chi connectivity index (χ1n) is 10.1. The molecule has 1 aromatic heterocycles. The molecule has 0 aliphatic carbocycles. The van der Waals surface area contributed by atoms with Gasteiger partial charge in [-0.1, -0.05) is 38.1 Å². The van der Waals surface area contributed by atoms with Crippen molar-refractivity contribution in [3.8, 4) is 0 Å². The number of fused-ring (bicyclic) bond motifs is 1. The summed E-state index contributed by atoms with van der Waals surface area (Å²) in [5.74, 6) is -2.58. The number of hydrogen-bond donors (Lipinski definition) is 1. The largest absolute Gasteiger partial charge is 0.329 e. The summed E-state index contributed by atoms with van der Waals surface area (Å²) < 4.78 is 27.9. The molecule has 1 aliphatic rings.